The molecule has 1 amide bonds. The highest BCUT2D eigenvalue weighted by Gasteiger charge is 2.40. The zero-order valence-electron chi connectivity index (χ0n) is 16.2. The second kappa shape index (κ2) is 7.74. The number of alkyl halides is 3. The molecule has 3 aliphatic rings. The van der Waals surface area contributed by atoms with Crippen molar-refractivity contribution in [2.75, 3.05) is 32.7 Å². The van der Waals surface area contributed by atoms with Gasteiger partial charge in [0.05, 0.1) is 18.7 Å². The monoisotopic (exact) mass is 420 g/mol. The van der Waals surface area contributed by atoms with Crippen molar-refractivity contribution in [1.29, 1.82) is 5.26 Å². The molecule has 0 aromatic heterocycles. The molecular weight excluding hydrogens is 400 g/mol. The quantitative estimate of drug-likeness (QED) is 0.544. The summed E-state index contributed by atoms with van der Waals surface area (Å²) >= 11 is 0. The lowest BCUT2D eigenvalue weighted by Crippen LogP contribution is -2.43. The number of likely N-dealkylation sites (tertiary alicyclic amines) is 1. The molecule has 158 valence electrons. The van der Waals surface area contributed by atoms with E-state index in [1.165, 1.54) is 12.1 Å². The van der Waals surface area contributed by atoms with Crippen LogP contribution in [0.1, 0.15) is 36.3 Å². The Kier molecular flexibility index (Phi) is 5.26. The van der Waals surface area contributed by atoms with Crippen molar-refractivity contribution in [3.8, 4) is 6.19 Å². The first kappa shape index (κ1) is 20.4. The van der Waals surface area contributed by atoms with Gasteiger partial charge in [-0.05, 0) is 42.4 Å². The number of amides is 1. The maximum atomic E-state index is 13.9. The number of halogens is 4. The first-order chi connectivity index (χ1) is 14.3. The number of aliphatic imine (C=N–C) groups is 1. The van der Waals surface area contributed by atoms with Crippen molar-refractivity contribution < 1.29 is 22.4 Å². The van der Waals surface area contributed by atoms with Crippen LogP contribution in [0.4, 0.5) is 17.6 Å². The van der Waals surface area contributed by atoms with Gasteiger partial charge in [0, 0.05) is 25.2 Å². The molecule has 0 saturated carbocycles. The van der Waals surface area contributed by atoms with Crippen LogP contribution in [0, 0.1) is 17.3 Å². The van der Waals surface area contributed by atoms with Crippen molar-refractivity contribution in [3.05, 3.63) is 46.3 Å². The van der Waals surface area contributed by atoms with Crippen molar-refractivity contribution in [3.63, 3.8) is 0 Å². The molecule has 0 unspecified atom stereocenters. The maximum absolute atomic E-state index is 13.9. The van der Waals surface area contributed by atoms with Gasteiger partial charge in [-0.2, -0.15) is 18.4 Å². The molecule has 1 saturated heterocycles. The number of hydrogen-bond acceptors (Lipinski definition) is 4. The van der Waals surface area contributed by atoms with Gasteiger partial charge in [0.2, 0.25) is 0 Å². The van der Waals surface area contributed by atoms with Crippen molar-refractivity contribution >= 4 is 11.6 Å². The van der Waals surface area contributed by atoms with E-state index in [0.717, 1.165) is 17.2 Å². The first-order valence-electron chi connectivity index (χ1n) is 9.85. The van der Waals surface area contributed by atoms with Gasteiger partial charge in [-0.3, -0.25) is 9.79 Å². The molecule has 0 atom stereocenters. The molecule has 30 heavy (non-hydrogen) atoms. The molecule has 9 heteroatoms. The van der Waals surface area contributed by atoms with Crippen LogP contribution in [0.25, 0.3) is 0 Å². The van der Waals surface area contributed by atoms with Gasteiger partial charge in [0.15, 0.2) is 6.19 Å². The van der Waals surface area contributed by atoms with E-state index in [0.29, 0.717) is 44.6 Å². The third-order valence-corrected chi connectivity index (χ3v) is 6.07. The number of benzene rings is 1. The molecular formula is C21H20F4N4O. The van der Waals surface area contributed by atoms with Crippen LogP contribution in [0.15, 0.2) is 34.3 Å². The van der Waals surface area contributed by atoms with Crippen LogP contribution in [0.5, 0.6) is 0 Å². The number of piperidine rings is 1. The summed E-state index contributed by atoms with van der Waals surface area (Å²) in [6.45, 7) is 2.00. The summed E-state index contributed by atoms with van der Waals surface area (Å²) in [5.41, 5.74) is 0.997. The summed E-state index contributed by atoms with van der Waals surface area (Å²) in [7, 11) is 0. The lowest BCUT2D eigenvalue weighted by molar-refractivity contribution is -0.141. The van der Waals surface area contributed by atoms with Gasteiger partial charge in [-0.25, -0.2) is 4.39 Å². The van der Waals surface area contributed by atoms with E-state index in [1.54, 1.807) is 9.80 Å². The number of carbonyl (C=O) groups excluding carboxylic acids is 1. The molecule has 3 aliphatic heterocycles. The van der Waals surface area contributed by atoms with E-state index >= 15 is 0 Å². The first-order valence-corrected chi connectivity index (χ1v) is 9.85. The summed E-state index contributed by atoms with van der Waals surface area (Å²) in [5.74, 6) is -1.98. The average Bonchev–Trinajstić information content (AvgIpc) is 3.15. The lowest BCUT2D eigenvalue weighted by Gasteiger charge is -2.34. The number of rotatable bonds is 2. The van der Waals surface area contributed by atoms with E-state index in [9.17, 15) is 22.4 Å². The SMILES string of the molecule is N#CN1CCC2=C(C1)C(C(=O)N1CCC(c3cccc(F)c3C(F)(F)F)CC1)=NC2. The molecule has 0 N–H and O–H groups in total. The molecule has 1 aromatic rings. The minimum absolute atomic E-state index is 0.0465. The fourth-order valence-corrected chi connectivity index (χ4v) is 4.49. The molecule has 0 radical (unpaired) electrons. The Bertz CT molecular complexity index is 968. The summed E-state index contributed by atoms with van der Waals surface area (Å²) in [6, 6.07) is 3.44. The Morgan fingerprint density at radius 3 is 2.60 bits per heavy atom. The van der Waals surface area contributed by atoms with Gasteiger partial charge < -0.3 is 9.80 Å². The number of nitrogens with zero attached hydrogens (tertiary/aromatic N) is 4. The Morgan fingerprint density at radius 2 is 1.93 bits per heavy atom. The van der Waals surface area contributed by atoms with Crippen LogP contribution in [0.2, 0.25) is 0 Å². The third kappa shape index (κ3) is 3.66. The molecule has 0 bridgehead atoms. The zero-order valence-corrected chi connectivity index (χ0v) is 16.2. The number of hydrogen-bond donors (Lipinski definition) is 0. The molecule has 3 heterocycles. The number of nitriles is 1. The van der Waals surface area contributed by atoms with Gasteiger partial charge in [0.25, 0.3) is 5.91 Å². The van der Waals surface area contributed by atoms with Gasteiger partial charge in [-0.15, -0.1) is 0 Å². The van der Waals surface area contributed by atoms with Crippen LogP contribution in [-0.4, -0.2) is 54.1 Å². The molecule has 1 fully saturated rings. The van der Waals surface area contributed by atoms with Gasteiger partial charge in [0.1, 0.15) is 11.5 Å². The fraction of sp³-hybridized carbons (Fsp3) is 0.476. The van der Waals surface area contributed by atoms with Crippen LogP contribution in [-0.2, 0) is 11.0 Å². The molecule has 0 spiro atoms. The lowest BCUT2D eigenvalue weighted by atomic mass is 9.85. The normalized spacial score (nSPS) is 20.2. The van der Waals surface area contributed by atoms with Crippen LogP contribution >= 0.6 is 0 Å². The second-order valence-corrected chi connectivity index (χ2v) is 7.79. The minimum Gasteiger partial charge on any atom is -0.337 e. The Morgan fingerprint density at radius 1 is 1.20 bits per heavy atom. The highest BCUT2D eigenvalue weighted by Crippen LogP contribution is 2.40. The average molecular weight is 420 g/mol. The van der Waals surface area contributed by atoms with E-state index in [1.807, 2.05) is 0 Å². The Balaban J connectivity index is 1.46. The van der Waals surface area contributed by atoms with Crippen LogP contribution < -0.4 is 0 Å². The highest BCUT2D eigenvalue weighted by atomic mass is 19.4. The zero-order chi connectivity index (χ0) is 21.5. The van der Waals surface area contributed by atoms with Crippen molar-refractivity contribution in [2.45, 2.75) is 31.4 Å². The second-order valence-electron chi connectivity index (χ2n) is 7.79. The van der Waals surface area contributed by atoms with Crippen molar-refractivity contribution in [2.24, 2.45) is 4.99 Å². The molecule has 4 rings (SSSR count). The third-order valence-electron chi connectivity index (χ3n) is 6.07. The molecule has 1 aromatic carbocycles. The van der Waals surface area contributed by atoms with Gasteiger partial charge in [-0.1, -0.05) is 12.1 Å². The van der Waals surface area contributed by atoms with Crippen LogP contribution in [0.3, 0.4) is 0 Å². The summed E-state index contributed by atoms with van der Waals surface area (Å²) in [6.07, 6.45) is -1.32. The van der Waals surface area contributed by atoms with E-state index < -0.39 is 23.5 Å². The maximum Gasteiger partial charge on any atom is 0.419 e. The summed E-state index contributed by atoms with van der Waals surface area (Å²) in [5, 5.41) is 9.13. The van der Waals surface area contributed by atoms with Gasteiger partial charge >= 0.3 is 6.18 Å². The standard InChI is InChI=1S/C21H20F4N4O/c22-17-3-1-2-15(18(17)21(23,24)25)13-5-8-29(9-6-13)20(30)19-16-11-28(12-26)7-4-14(16)10-27-19/h1-3,13H,4-11H2. The Hall–Kier alpha value is -2.89. The fourth-order valence-electron chi connectivity index (χ4n) is 4.49. The predicted molar refractivity (Wildman–Crippen MR) is 101 cm³/mol. The van der Waals surface area contributed by atoms with E-state index in [-0.39, 0.29) is 24.6 Å². The topological polar surface area (TPSA) is 59.7 Å². The minimum atomic E-state index is -4.76. The van der Waals surface area contributed by atoms with E-state index in [4.69, 9.17) is 5.26 Å². The van der Waals surface area contributed by atoms with E-state index in [2.05, 4.69) is 11.2 Å². The smallest absolute Gasteiger partial charge is 0.337 e. The Labute approximate surface area is 171 Å². The highest BCUT2D eigenvalue weighted by molar-refractivity contribution is 6.46. The molecule has 0 aliphatic carbocycles. The predicted octanol–water partition coefficient (Wildman–Crippen LogP) is 3.49. The summed E-state index contributed by atoms with van der Waals surface area (Å²) < 4.78 is 53.9. The molecule has 5 nitrogen and oxygen atoms in total. The van der Waals surface area contributed by atoms with Crippen molar-refractivity contribution in [1.82, 2.24) is 9.80 Å². The largest absolute Gasteiger partial charge is 0.419 e. The number of carbonyl (C=O) groups is 1. The summed E-state index contributed by atoms with van der Waals surface area (Å²) in [4.78, 5) is 20.6.